The zero-order valence-electron chi connectivity index (χ0n) is 22.2. The number of hydrogen-bond acceptors (Lipinski definition) is 6. The average molecular weight is 531 g/mol. The molecule has 11 nitrogen and oxygen atoms in total. The van der Waals surface area contributed by atoms with E-state index < -0.39 is 29.9 Å². The number of benzene rings is 1. The molecule has 1 rings (SSSR count). The molecule has 0 aromatic heterocycles. The van der Waals surface area contributed by atoms with Crippen molar-refractivity contribution in [2.45, 2.75) is 51.1 Å². The fourth-order valence-corrected chi connectivity index (χ4v) is 3.71. The summed E-state index contributed by atoms with van der Waals surface area (Å²) in [5.74, 6) is -1.86. The van der Waals surface area contributed by atoms with Gasteiger partial charge in [-0.2, -0.15) is 0 Å². The van der Waals surface area contributed by atoms with Gasteiger partial charge in [0.15, 0.2) is 5.78 Å². The van der Waals surface area contributed by atoms with Crippen LogP contribution < -0.4 is 31.8 Å². The van der Waals surface area contributed by atoms with Gasteiger partial charge >= 0.3 is 11.9 Å². The van der Waals surface area contributed by atoms with E-state index in [2.05, 4.69) is 28.8 Å². The topological polar surface area (TPSA) is 177 Å². The van der Waals surface area contributed by atoms with Crippen molar-refractivity contribution in [1.29, 1.82) is 0 Å². The third-order valence-corrected chi connectivity index (χ3v) is 5.58. The van der Waals surface area contributed by atoms with Crippen molar-refractivity contribution in [3.05, 3.63) is 55.1 Å². The Kier molecular flexibility index (Phi) is 14.5. The first-order valence-electron chi connectivity index (χ1n) is 12.3. The molecule has 1 aromatic carbocycles. The lowest BCUT2D eigenvalue weighted by molar-refractivity contribution is -0.459. The third-order valence-electron chi connectivity index (χ3n) is 5.58. The van der Waals surface area contributed by atoms with Crippen LogP contribution in [-0.2, 0) is 30.3 Å². The van der Waals surface area contributed by atoms with Crippen molar-refractivity contribution < 1.29 is 33.6 Å². The second kappa shape index (κ2) is 17.3. The van der Waals surface area contributed by atoms with E-state index in [1.807, 2.05) is 0 Å². The fourth-order valence-electron chi connectivity index (χ4n) is 3.71. The summed E-state index contributed by atoms with van der Waals surface area (Å²) < 4.78 is 10.2. The first-order valence-corrected chi connectivity index (χ1v) is 12.3. The number of rotatable bonds is 18. The van der Waals surface area contributed by atoms with Gasteiger partial charge in [0.05, 0.1) is 19.7 Å². The molecule has 0 unspecified atom stereocenters. The van der Waals surface area contributed by atoms with Crippen LogP contribution in [0.4, 0.5) is 0 Å². The molecule has 0 heterocycles. The molecule has 1 aromatic rings. The standard InChI is InChI=1S/C27H39N5O6/c1-5-8-22(26(36)37-4)32-25(35)20(9-7-14-30-27(28)29)17-24(34)23(31-18(3)33)16-19-10-12-21(13-11-19)38-15-6-2/h5-6,10-13,20,22-23H,1-2,7-9,14-17H2,3-4H3,(H,31,33)(H,32,35)(H4,28,29,30)/p+1/t20-,22-,23+/m1/s1. The third kappa shape index (κ3) is 12.2. The summed E-state index contributed by atoms with van der Waals surface area (Å²) in [5, 5.41) is 5.35. The molecule has 0 radical (unpaired) electrons. The number of amides is 2. The highest BCUT2D eigenvalue weighted by Gasteiger charge is 2.30. The lowest BCUT2D eigenvalue weighted by Gasteiger charge is -2.23. The lowest BCUT2D eigenvalue weighted by Crippen LogP contribution is -2.78. The number of Topliss-reactive ketones (excluding diaryl/α,β-unsaturated/α-hetero) is 1. The molecule has 38 heavy (non-hydrogen) atoms. The Morgan fingerprint density at radius 3 is 2.29 bits per heavy atom. The number of ketones is 1. The SMILES string of the molecule is C=CCOc1ccc(C[C@H](NC(C)=O)C(=O)C[C@@H](CCC[NH+]=C(N)N)C(=O)N[C@H](CC=C)C(=O)OC)cc1. The Balaban J connectivity index is 3.06. The van der Waals surface area contributed by atoms with Crippen molar-refractivity contribution in [3.8, 4) is 5.75 Å². The molecule has 0 spiro atoms. The Morgan fingerprint density at radius 2 is 1.74 bits per heavy atom. The minimum absolute atomic E-state index is 0.0467. The molecule has 0 saturated carbocycles. The van der Waals surface area contributed by atoms with E-state index in [0.717, 1.165) is 5.56 Å². The lowest BCUT2D eigenvalue weighted by atomic mass is 9.90. The smallest absolute Gasteiger partial charge is 0.338 e. The van der Waals surface area contributed by atoms with Crippen LogP contribution in [-0.4, -0.2) is 61.9 Å². The number of methoxy groups -OCH3 is 1. The van der Waals surface area contributed by atoms with Crippen LogP contribution in [0.2, 0.25) is 0 Å². The van der Waals surface area contributed by atoms with Crippen molar-refractivity contribution in [2.24, 2.45) is 17.4 Å². The first-order chi connectivity index (χ1) is 18.1. The Hall–Kier alpha value is -4.15. The predicted octanol–water partition coefficient (Wildman–Crippen LogP) is -0.758. The van der Waals surface area contributed by atoms with Crippen molar-refractivity contribution in [2.75, 3.05) is 20.3 Å². The fraction of sp³-hybridized carbons (Fsp3) is 0.444. The highest BCUT2D eigenvalue weighted by atomic mass is 16.5. The number of ether oxygens (including phenoxy) is 2. The highest BCUT2D eigenvalue weighted by molar-refractivity contribution is 5.93. The number of esters is 1. The van der Waals surface area contributed by atoms with Gasteiger partial charge in [0.1, 0.15) is 18.4 Å². The Bertz CT molecular complexity index is 988. The second-order valence-electron chi connectivity index (χ2n) is 8.70. The molecular weight excluding hydrogens is 490 g/mol. The minimum atomic E-state index is -0.929. The van der Waals surface area contributed by atoms with Gasteiger partial charge in [0, 0.05) is 19.3 Å². The quantitative estimate of drug-likeness (QED) is 0.0541. The summed E-state index contributed by atoms with van der Waals surface area (Å²) >= 11 is 0. The van der Waals surface area contributed by atoms with E-state index in [-0.39, 0.29) is 36.9 Å². The molecule has 3 atom stereocenters. The molecule has 0 aliphatic rings. The maximum atomic E-state index is 13.4. The van der Waals surface area contributed by atoms with E-state index in [9.17, 15) is 19.2 Å². The molecule has 0 aliphatic heterocycles. The summed E-state index contributed by atoms with van der Waals surface area (Å²) in [5.41, 5.74) is 11.7. The zero-order chi connectivity index (χ0) is 28.5. The van der Waals surface area contributed by atoms with Gasteiger partial charge in [-0.3, -0.25) is 30.8 Å². The van der Waals surface area contributed by atoms with Gasteiger partial charge in [-0.05, 0) is 43.4 Å². The van der Waals surface area contributed by atoms with Crippen LogP contribution >= 0.6 is 0 Å². The monoisotopic (exact) mass is 530 g/mol. The number of nitrogens with one attached hydrogen (secondary N) is 3. The van der Waals surface area contributed by atoms with Crippen molar-refractivity contribution >= 4 is 29.5 Å². The van der Waals surface area contributed by atoms with Gasteiger partial charge < -0.3 is 20.1 Å². The molecule has 2 amide bonds. The van der Waals surface area contributed by atoms with Gasteiger partial charge in [0.2, 0.25) is 11.8 Å². The maximum Gasteiger partial charge on any atom is 0.338 e. The average Bonchev–Trinajstić information content (AvgIpc) is 2.88. The minimum Gasteiger partial charge on any atom is -0.490 e. The molecule has 208 valence electrons. The van der Waals surface area contributed by atoms with Crippen LogP contribution in [0.3, 0.4) is 0 Å². The van der Waals surface area contributed by atoms with E-state index in [0.29, 0.717) is 31.7 Å². The largest absolute Gasteiger partial charge is 0.490 e. The highest BCUT2D eigenvalue weighted by Crippen LogP contribution is 2.18. The van der Waals surface area contributed by atoms with Crippen LogP contribution in [0, 0.1) is 5.92 Å². The van der Waals surface area contributed by atoms with Gasteiger partial charge in [-0.25, -0.2) is 4.79 Å². The molecular formula is C27H40N5O6+. The number of nitrogens with two attached hydrogens (primary N) is 2. The van der Waals surface area contributed by atoms with Crippen LogP contribution in [0.15, 0.2) is 49.6 Å². The van der Waals surface area contributed by atoms with Crippen LogP contribution in [0.25, 0.3) is 0 Å². The van der Waals surface area contributed by atoms with Crippen LogP contribution in [0.5, 0.6) is 5.75 Å². The van der Waals surface area contributed by atoms with Crippen LogP contribution in [0.1, 0.15) is 38.2 Å². The second-order valence-corrected chi connectivity index (χ2v) is 8.70. The zero-order valence-corrected chi connectivity index (χ0v) is 22.2. The first kappa shape index (κ1) is 31.9. The van der Waals surface area contributed by atoms with E-state index >= 15 is 0 Å². The molecule has 11 heteroatoms. The van der Waals surface area contributed by atoms with Gasteiger partial charge in [-0.15, -0.1) is 6.58 Å². The molecule has 0 bridgehead atoms. The van der Waals surface area contributed by atoms with Crippen molar-refractivity contribution in [3.63, 3.8) is 0 Å². The van der Waals surface area contributed by atoms with Crippen molar-refractivity contribution in [1.82, 2.24) is 10.6 Å². The molecule has 0 fully saturated rings. The van der Waals surface area contributed by atoms with Gasteiger partial charge in [0.25, 0.3) is 0 Å². The van der Waals surface area contributed by atoms with E-state index in [1.54, 1.807) is 30.3 Å². The molecule has 0 aliphatic carbocycles. The van der Waals surface area contributed by atoms with E-state index in [1.165, 1.54) is 20.1 Å². The number of carbonyl (C=O) groups excluding carboxylic acids is 4. The Morgan fingerprint density at radius 1 is 1.05 bits per heavy atom. The number of guanidine groups is 1. The number of hydrogen-bond donors (Lipinski definition) is 5. The molecule has 0 saturated heterocycles. The van der Waals surface area contributed by atoms with Gasteiger partial charge in [-0.1, -0.05) is 30.9 Å². The maximum absolute atomic E-state index is 13.4. The summed E-state index contributed by atoms with van der Waals surface area (Å²) in [7, 11) is 1.22. The summed E-state index contributed by atoms with van der Waals surface area (Å²) in [6.07, 6.45) is 4.16. The Labute approximate surface area is 223 Å². The molecule has 7 N–H and O–H groups in total. The predicted molar refractivity (Wildman–Crippen MR) is 144 cm³/mol. The number of carbonyl (C=O) groups is 4. The van der Waals surface area contributed by atoms with E-state index in [4.69, 9.17) is 20.9 Å². The normalized spacial score (nSPS) is 12.7. The summed E-state index contributed by atoms with van der Waals surface area (Å²) in [6, 6.07) is 5.37. The summed E-state index contributed by atoms with van der Waals surface area (Å²) in [4.78, 5) is 53.2. The summed E-state index contributed by atoms with van der Waals surface area (Å²) in [6.45, 7) is 9.30.